The predicted octanol–water partition coefficient (Wildman–Crippen LogP) is 3.04. The third kappa shape index (κ3) is 7.66. The van der Waals surface area contributed by atoms with Crippen LogP contribution in [0.3, 0.4) is 0 Å². The summed E-state index contributed by atoms with van der Waals surface area (Å²) >= 11 is 5.00. The molecule has 0 aliphatic carbocycles. The SMILES string of the molecule is CC(C)CC(C)COC(=O)Cl. The molecular weight excluding hydrogens is 164 g/mol. The standard InChI is InChI=1S/C8H15ClO2/c1-6(2)4-7(3)5-11-8(9)10/h6-7H,4-5H2,1-3H3. The molecule has 11 heavy (non-hydrogen) atoms. The van der Waals surface area contributed by atoms with Crippen LogP contribution >= 0.6 is 11.6 Å². The van der Waals surface area contributed by atoms with Gasteiger partial charge < -0.3 is 4.74 Å². The van der Waals surface area contributed by atoms with Crippen LogP contribution in [-0.2, 0) is 4.74 Å². The smallest absolute Gasteiger partial charge is 0.403 e. The minimum absolute atomic E-state index is 0.401. The van der Waals surface area contributed by atoms with E-state index in [4.69, 9.17) is 11.6 Å². The van der Waals surface area contributed by atoms with Gasteiger partial charge in [0.25, 0.3) is 0 Å². The number of rotatable bonds is 4. The van der Waals surface area contributed by atoms with Crippen molar-refractivity contribution in [3.8, 4) is 0 Å². The molecule has 0 spiro atoms. The Hall–Kier alpha value is -0.240. The van der Waals surface area contributed by atoms with Crippen LogP contribution in [0.4, 0.5) is 4.79 Å². The van der Waals surface area contributed by atoms with Gasteiger partial charge in [0.05, 0.1) is 6.61 Å². The van der Waals surface area contributed by atoms with Crippen molar-refractivity contribution in [2.45, 2.75) is 27.2 Å². The van der Waals surface area contributed by atoms with Gasteiger partial charge in [0.1, 0.15) is 0 Å². The molecule has 2 nitrogen and oxygen atoms in total. The van der Waals surface area contributed by atoms with Crippen LogP contribution in [0.5, 0.6) is 0 Å². The predicted molar refractivity (Wildman–Crippen MR) is 45.8 cm³/mol. The maximum absolute atomic E-state index is 10.2. The third-order valence-electron chi connectivity index (χ3n) is 1.36. The lowest BCUT2D eigenvalue weighted by molar-refractivity contribution is 0.149. The lowest BCUT2D eigenvalue weighted by Crippen LogP contribution is -2.09. The molecule has 0 amide bonds. The Balaban J connectivity index is 3.37. The molecule has 0 heterocycles. The molecule has 0 aliphatic rings. The molecule has 0 aromatic rings. The van der Waals surface area contributed by atoms with Gasteiger partial charge in [-0.15, -0.1) is 0 Å². The first kappa shape index (κ1) is 10.8. The lowest BCUT2D eigenvalue weighted by atomic mass is 10.00. The van der Waals surface area contributed by atoms with Crippen LogP contribution in [0.25, 0.3) is 0 Å². The van der Waals surface area contributed by atoms with Crippen molar-refractivity contribution in [1.29, 1.82) is 0 Å². The normalized spacial score (nSPS) is 13.2. The van der Waals surface area contributed by atoms with Gasteiger partial charge in [0.2, 0.25) is 0 Å². The highest BCUT2D eigenvalue weighted by atomic mass is 35.5. The van der Waals surface area contributed by atoms with Crippen molar-refractivity contribution >= 4 is 17.0 Å². The Labute approximate surface area is 72.9 Å². The van der Waals surface area contributed by atoms with E-state index in [0.717, 1.165) is 6.42 Å². The summed E-state index contributed by atoms with van der Waals surface area (Å²) in [5.41, 5.74) is -0.708. The summed E-state index contributed by atoms with van der Waals surface area (Å²) in [5, 5.41) is 0. The van der Waals surface area contributed by atoms with Crippen LogP contribution in [0, 0.1) is 11.8 Å². The quantitative estimate of drug-likeness (QED) is 0.619. The van der Waals surface area contributed by atoms with Crippen LogP contribution in [-0.4, -0.2) is 12.0 Å². The van der Waals surface area contributed by atoms with Crippen LogP contribution in [0.2, 0.25) is 0 Å². The number of halogens is 1. The van der Waals surface area contributed by atoms with Crippen molar-refractivity contribution in [2.24, 2.45) is 11.8 Å². The van der Waals surface area contributed by atoms with E-state index in [1.807, 2.05) is 6.92 Å². The number of carbonyl (C=O) groups is 1. The molecule has 0 N–H and O–H groups in total. The van der Waals surface area contributed by atoms with E-state index in [1.165, 1.54) is 0 Å². The highest BCUT2D eigenvalue weighted by molar-refractivity contribution is 6.61. The van der Waals surface area contributed by atoms with Crippen LogP contribution in [0.1, 0.15) is 27.2 Å². The van der Waals surface area contributed by atoms with Crippen LogP contribution in [0.15, 0.2) is 0 Å². The fourth-order valence-corrected chi connectivity index (χ4v) is 1.14. The number of carbonyl (C=O) groups excluding carboxylic acids is 1. The summed E-state index contributed by atoms with van der Waals surface area (Å²) in [4.78, 5) is 10.2. The number of ether oxygens (including phenoxy) is 1. The summed E-state index contributed by atoms with van der Waals surface area (Å²) in [7, 11) is 0. The second-order valence-electron chi connectivity index (χ2n) is 3.28. The van der Waals surface area contributed by atoms with Gasteiger partial charge in [-0.25, -0.2) is 4.79 Å². The molecule has 0 fully saturated rings. The Kier molecular flexibility index (Phi) is 5.30. The molecule has 0 bridgehead atoms. The first-order valence-corrected chi connectivity index (χ1v) is 4.22. The van der Waals surface area contributed by atoms with E-state index in [2.05, 4.69) is 18.6 Å². The Morgan fingerprint density at radius 1 is 1.45 bits per heavy atom. The van der Waals surface area contributed by atoms with Gasteiger partial charge in [-0.05, 0) is 18.3 Å². The van der Waals surface area contributed by atoms with Crippen molar-refractivity contribution in [2.75, 3.05) is 6.61 Å². The van der Waals surface area contributed by atoms with E-state index in [1.54, 1.807) is 0 Å². The molecular formula is C8H15ClO2. The molecule has 1 unspecified atom stereocenters. The van der Waals surface area contributed by atoms with Gasteiger partial charge in [0, 0.05) is 11.6 Å². The van der Waals surface area contributed by atoms with E-state index in [9.17, 15) is 4.79 Å². The zero-order chi connectivity index (χ0) is 8.85. The zero-order valence-corrected chi connectivity index (χ0v) is 8.02. The van der Waals surface area contributed by atoms with E-state index in [-0.39, 0.29) is 0 Å². The summed E-state index contributed by atoms with van der Waals surface area (Å²) in [6.45, 7) is 6.75. The largest absolute Gasteiger partial charge is 0.453 e. The lowest BCUT2D eigenvalue weighted by Gasteiger charge is -2.12. The van der Waals surface area contributed by atoms with E-state index < -0.39 is 5.43 Å². The first-order valence-electron chi connectivity index (χ1n) is 3.84. The molecule has 0 aromatic heterocycles. The van der Waals surface area contributed by atoms with Gasteiger partial charge in [-0.1, -0.05) is 20.8 Å². The average molecular weight is 179 g/mol. The zero-order valence-electron chi connectivity index (χ0n) is 7.26. The highest BCUT2D eigenvalue weighted by Gasteiger charge is 2.06. The fraction of sp³-hybridized carbons (Fsp3) is 0.875. The monoisotopic (exact) mass is 178 g/mol. The molecule has 0 aliphatic heterocycles. The maximum Gasteiger partial charge on any atom is 0.403 e. The Morgan fingerprint density at radius 2 is 2.00 bits per heavy atom. The summed E-state index contributed by atoms with van der Waals surface area (Å²) in [6.07, 6.45) is 1.06. The highest BCUT2D eigenvalue weighted by Crippen LogP contribution is 2.11. The van der Waals surface area contributed by atoms with Gasteiger partial charge in [-0.2, -0.15) is 0 Å². The number of hydrogen-bond donors (Lipinski definition) is 0. The minimum atomic E-state index is -0.708. The first-order chi connectivity index (χ1) is 5.02. The molecule has 3 heteroatoms. The molecule has 0 saturated heterocycles. The number of hydrogen-bond acceptors (Lipinski definition) is 2. The Bertz CT molecular complexity index is 123. The maximum atomic E-state index is 10.2. The molecule has 0 saturated carbocycles. The van der Waals surface area contributed by atoms with E-state index >= 15 is 0 Å². The van der Waals surface area contributed by atoms with Crippen molar-refractivity contribution in [3.05, 3.63) is 0 Å². The minimum Gasteiger partial charge on any atom is -0.453 e. The second-order valence-corrected chi connectivity index (χ2v) is 3.59. The van der Waals surface area contributed by atoms with Crippen LogP contribution < -0.4 is 0 Å². The molecule has 0 radical (unpaired) electrons. The van der Waals surface area contributed by atoms with Crippen molar-refractivity contribution < 1.29 is 9.53 Å². The third-order valence-corrected chi connectivity index (χ3v) is 1.46. The van der Waals surface area contributed by atoms with Gasteiger partial charge >= 0.3 is 5.43 Å². The Morgan fingerprint density at radius 3 is 2.36 bits per heavy atom. The summed E-state index contributed by atoms with van der Waals surface area (Å²) in [6, 6.07) is 0. The fourth-order valence-electron chi connectivity index (χ4n) is 1.08. The van der Waals surface area contributed by atoms with E-state index in [0.29, 0.717) is 18.4 Å². The molecule has 1 atom stereocenters. The average Bonchev–Trinajstić information content (AvgIpc) is 1.82. The second kappa shape index (κ2) is 5.42. The molecule has 0 rings (SSSR count). The van der Waals surface area contributed by atoms with Gasteiger partial charge in [-0.3, -0.25) is 0 Å². The van der Waals surface area contributed by atoms with Crippen molar-refractivity contribution in [3.63, 3.8) is 0 Å². The molecule has 66 valence electrons. The topological polar surface area (TPSA) is 26.3 Å². The summed E-state index contributed by atoms with van der Waals surface area (Å²) in [5.74, 6) is 1.04. The van der Waals surface area contributed by atoms with Gasteiger partial charge in [0.15, 0.2) is 0 Å². The van der Waals surface area contributed by atoms with Crippen molar-refractivity contribution in [1.82, 2.24) is 0 Å². The summed E-state index contributed by atoms with van der Waals surface area (Å²) < 4.78 is 4.63. The molecule has 0 aromatic carbocycles.